The second kappa shape index (κ2) is 19.0. The van der Waals surface area contributed by atoms with Crippen molar-refractivity contribution in [3.05, 3.63) is 6.92 Å². The van der Waals surface area contributed by atoms with Crippen LogP contribution >= 0.6 is 0 Å². The summed E-state index contributed by atoms with van der Waals surface area (Å²) in [7, 11) is 0. The Balaban J connectivity index is 3.16. The second-order valence-corrected chi connectivity index (χ2v) is 7.33. The third-order valence-electron chi connectivity index (χ3n) is 5.01. The lowest BCUT2D eigenvalue weighted by Crippen LogP contribution is -1.99. The van der Waals surface area contributed by atoms with Gasteiger partial charge in [0.15, 0.2) is 0 Å². The van der Waals surface area contributed by atoms with Crippen LogP contribution in [0.5, 0.6) is 0 Å². The first-order valence-corrected chi connectivity index (χ1v) is 10.6. The first kappa shape index (κ1) is 22.0. The van der Waals surface area contributed by atoms with Crippen LogP contribution in [0.25, 0.3) is 0 Å². The van der Waals surface area contributed by atoms with Crippen molar-refractivity contribution in [1.82, 2.24) is 0 Å². The van der Waals surface area contributed by atoms with Gasteiger partial charge in [-0.05, 0) is 5.92 Å². The molecule has 0 aliphatic carbocycles. The maximum atomic E-state index is 3.90. The highest BCUT2D eigenvalue weighted by molar-refractivity contribution is 4.59. The van der Waals surface area contributed by atoms with E-state index in [1.165, 1.54) is 109 Å². The molecular formula is C22H45. The molecule has 133 valence electrons. The van der Waals surface area contributed by atoms with Crippen LogP contribution in [0.4, 0.5) is 0 Å². The summed E-state index contributed by atoms with van der Waals surface area (Å²) >= 11 is 0. The van der Waals surface area contributed by atoms with Crippen molar-refractivity contribution in [2.75, 3.05) is 0 Å². The molecule has 0 heteroatoms. The van der Waals surface area contributed by atoms with Crippen LogP contribution in [0.15, 0.2) is 0 Å². The summed E-state index contributed by atoms with van der Waals surface area (Å²) in [6.45, 7) is 8.58. The maximum absolute atomic E-state index is 3.90. The van der Waals surface area contributed by atoms with Crippen LogP contribution in [0.3, 0.4) is 0 Å². The minimum absolute atomic E-state index is 1.03. The molecular weight excluding hydrogens is 264 g/mol. The molecule has 0 saturated heterocycles. The van der Waals surface area contributed by atoms with Crippen LogP contribution in [-0.4, -0.2) is 0 Å². The second-order valence-electron chi connectivity index (χ2n) is 7.33. The molecule has 0 saturated carbocycles. The van der Waals surface area contributed by atoms with Gasteiger partial charge in [0.25, 0.3) is 0 Å². The molecule has 0 aliphatic rings. The van der Waals surface area contributed by atoms with Crippen LogP contribution in [0.2, 0.25) is 0 Å². The van der Waals surface area contributed by atoms with Gasteiger partial charge in [0.05, 0.1) is 0 Å². The van der Waals surface area contributed by atoms with E-state index in [4.69, 9.17) is 0 Å². The molecule has 0 N–H and O–H groups in total. The van der Waals surface area contributed by atoms with Gasteiger partial charge >= 0.3 is 0 Å². The molecule has 22 heavy (non-hydrogen) atoms. The molecule has 0 atom stereocenters. The lowest BCUT2D eigenvalue weighted by atomic mass is 9.92. The van der Waals surface area contributed by atoms with Gasteiger partial charge in [-0.2, -0.15) is 0 Å². The summed E-state index contributed by atoms with van der Waals surface area (Å²) in [5, 5.41) is 0. The lowest BCUT2D eigenvalue weighted by Gasteiger charge is -2.14. The van der Waals surface area contributed by atoms with Gasteiger partial charge in [-0.15, -0.1) is 0 Å². The standard InChI is InChI=1S/C22H45/c1-4-7-8-9-10-11-12-13-14-15-16-17-18-21-22(19-5-2)20-6-3/h22H,1,4-21H2,2-3H3. The number of rotatable bonds is 18. The van der Waals surface area contributed by atoms with Gasteiger partial charge in [-0.3, -0.25) is 0 Å². The summed E-state index contributed by atoms with van der Waals surface area (Å²) < 4.78 is 0. The number of hydrogen-bond donors (Lipinski definition) is 0. The van der Waals surface area contributed by atoms with E-state index in [0.717, 1.165) is 12.3 Å². The molecule has 1 radical (unpaired) electrons. The minimum Gasteiger partial charge on any atom is -0.0654 e. The maximum Gasteiger partial charge on any atom is -0.0414 e. The summed E-state index contributed by atoms with van der Waals surface area (Å²) in [4.78, 5) is 0. The predicted molar refractivity (Wildman–Crippen MR) is 103 cm³/mol. The molecule has 0 unspecified atom stereocenters. The van der Waals surface area contributed by atoms with Crippen molar-refractivity contribution in [3.63, 3.8) is 0 Å². The fourth-order valence-corrected chi connectivity index (χ4v) is 3.63. The van der Waals surface area contributed by atoms with E-state index in [9.17, 15) is 0 Å². The molecule has 0 bridgehead atoms. The Labute approximate surface area is 142 Å². The summed E-state index contributed by atoms with van der Waals surface area (Å²) in [5.74, 6) is 1.03. The van der Waals surface area contributed by atoms with Crippen LogP contribution in [-0.2, 0) is 0 Å². The zero-order valence-corrected chi connectivity index (χ0v) is 16.0. The number of unbranched alkanes of at least 4 members (excludes halogenated alkanes) is 12. The normalized spacial score (nSPS) is 11.5. The average molecular weight is 310 g/mol. The highest BCUT2D eigenvalue weighted by Gasteiger charge is 2.05. The molecule has 0 heterocycles. The van der Waals surface area contributed by atoms with Gasteiger partial charge in [0.2, 0.25) is 0 Å². The lowest BCUT2D eigenvalue weighted by molar-refractivity contribution is 0.390. The number of hydrogen-bond acceptors (Lipinski definition) is 0. The molecule has 0 aromatic rings. The molecule has 0 aromatic heterocycles. The predicted octanol–water partition coefficient (Wildman–Crippen LogP) is 8.50. The zero-order chi connectivity index (χ0) is 16.3. The smallest absolute Gasteiger partial charge is 0.0414 e. The van der Waals surface area contributed by atoms with E-state index in [1.54, 1.807) is 0 Å². The Morgan fingerprint density at radius 1 is 0.500 bits per heavy atom. The summed E-state index contributed by atoms with van der Waals surface area (Å²) in [6.07, 6.45) is 25.7. The van der Waals surface area contributed by atoms with Crippen molar-refractivity contribution in [3.8, 4) is 0 Å². The Morgan fingerprint density at radius 2 is 0.864 bits per heavy atom. The molecule has 0 fully saturated rings. The largest absolute Gasteiger partial charge is 0.0654 e. The zero-order valence-electron chi connectivity index (χ0n) is 16.0. The van der Waals surface area contributed by atoms with Gasteiger partial charge in [0, 0.05) is 0 Å². The molecule has 0 aromatic carbocycles. The van der Waals surface area contributed by atoms with E-state index >= 15 is 0 Å². The minimum atomic E-state index is 1.03. The van der Waals surface area contributed by atoms with Crippen LogP contribution in [0, 0.1) is 12.8 Å². The molecule has 0 aliphatic heterocycles. The van der Waals surface area contributed by atoms with Crippen molar-refractivity contribution in [2.24, 2.45) is 5.92 Å². The van der Waals surface area contributed by atoms with Gasteiger partial charge in [-0.25, -0.2) is 0 Å². The van der Waals surface area contributed by atoms with Gasteiger partial charge in [0.1, 0.15) is 0 Å². The summed E-state index contributed by atoms with van der Waals surface area (Å²) in [6, 6.07) is 0. The van der Waals surface area contributed by atoms with E-state index < -0.39 is 0 Å². The van der Waals surface area contributed by atoms with Crippen LogP contribution < -0.4 is 0 Å². The highest BCUT2D eigenvalue weighted by Crippen LogP contribution is 2.21. The van der Waals surface area contributed by atoms with E-state index in [-0.39, 0.29) is 0 Å². The quantitative estimate of drug-likeness (QED) is 0.223. The van der Waals surface area contributed by atoms with Crippen molar-refractivity contribution in [1.29, 1.82) is 0 Å². The molecule has 0 amide bonds. The van der Waals surface area contributed by atoms with Crippen molar-refractivity contribution < 1.29 is 0 Å². The van der Waals surface area contributed by atoms with E-state index in [0.29, 0.717) is 0 Å². The first-order chi connectivity index (χ1) is 10.8. The fourth-order valence-electron chi connectivity index (χ4n) is 3.63. The average Bonchev–Trinajstić information content (AvgIpc) is 2.52. The van der Waals surface area contributed by atoms with E-state index in [2.05, 4.69) is 20.8 Å². The Kier molecular flexibility index (Phi) is 19.0. The fraction of sp³-hybridized carbons (Fsp3) is 0.955. The third-order valence-corrected chi connectivity index (χ3v) is 5.01. The Morgan fingerprint density at radius 3 is 1.23 bits per heavy atom. The molecule has 0 rings (SSSR count). The van der Waals surface area contributed by atoms with Gasteiger partial charge in [-0.1, -0.05) is 136 Å². The van der Waals surface area contributed by atoms with Crippen molar-refractivity contribution in [2.45, 2.75) is 129 Å². The first-order valence-electron chi connectivity index (χ1n) is 10.6. The Hall–Kier alpha value is 0. The topological polar surface area (TPSA) is 0 Å². The Bertz CT molecular complexity index is 178. The van der Waals surface area contributed by atoms with E-state index in [1.807, 2.05) is 0 Å². The SMILES string of the molecule is [CH2]CCCCCCCCCCCCCCC(CCC)CCC. The molecule has 0 nitrogen and oxygen atoms in total. The van der Waals surface area contributed by atoms with Crippen LogP contribution in [0.1, 0.15) is 129 Å². The monoisotopic (exact) mass is 309 g/mol. The third kappa shape index (κ3) is 16.4. The highest BCUT2D eigenvalue weighted by atomic mass is 14.1. The van der Waals surface area contributed by atoms with Gasteiger partial charge < -0.3 is 0 Å². The van der Waals surface area contributed by atoms with Crippen molar-refractivity contribution >= 4 is 0 Å². The molecule has 0 spiro atoms. The summed E-state index contributed by atoms with van der Waals surface area (Å²) in [5.41, 5.74) is 0.